The minimum Gasteiger partial charge on any atom is -0.461 e. The largest absolute Gasteiger partial charge is 0.461 e. The second-order valence-corrected chi connectivity index (χ2v) is 15.0. The summed E-state index contributed by atoms with van der Waals surface area (Å²) in [5.41, 5.74) is 3.89. The van der Waals surface area contributed by atoms with Crippen LogP contribution < -0.4 is 0 Å². The van der Waals surface area contributed by atoms with Gasteiger partial charge in [-0.05, 0) is 98.5 Å². The molecule has 2 fully saturated rings. The molecule has 0 spiro atoms. The van der Waals surface area contributed by atoms with Gasteiger partial charge >= 0.3 is 5.97 Å². The molecule has 4 aromatic rings. The van der Waals surface area contributed by atoms with E-state index in [1.165, 1.54) is 35.9 Å². The summed E-state index contributed by atoms with van der Waals surface area (Å²) in [6.45, 7) is 10.8. The number of hydrogen-bond acceptors (Lipinski definition) is 4. The molecule has 0 saturated heterocycles. The van der Waals surface area contributed by atoms with Crippen molar-refractivity contribution in [2.75, 3.05) is 0 Å². The minimum absolute atomic E-state index is 0.0244. The van der Waals surface area contributed by atoms with E-state index in [4.69, 9.17) is 4.74 Å². The maximum Gasteiger partial charge on any atom is 0.313 e. The number of Topliss-reactive ketones (excluding diaryl/α,β-unsaturated/α-hetero) is 1. The van der Waals surface area contributed by atoms with Crippen LogP contribution in [0.4, 0.5) is 8.78 Å². The molecule has 0 unspecified atom stereocenters. The van der Waals surface area contributed by atoms with Gasteiger partial charge in [-0.1, -0.05) is 107 Å². The third-order valence-electron chi connectivity index (χ3n) is 11.5. The monoisotopic (exact) mass is 674 g/mol. The number of halogens is 2. The molecule has 0 heterocycles. The van der Waals surface area contributed by atoms with Gasteiger partial charge in [-0.2, -0.15) is 0 Å². The lowest BCUT2D eigenvalue weighted by molar-refractivity contribution is -0.155. The van der Waals surface area contributed by atoms with Gasteiger partial charge in [-0.3, -0.25) is 14.4 Å². The van der Waals surface area contributed by atoms with E-state index in [0.29, 0.717) is 11.1 Å². The van der Waals surface area contributed by atoms with Crippen LogP contribution >= 0.6 is 0 Å². The van der Waals surface area contributed by atoms with Crippen molar-refractivity contribution in [2.24, 2.45) is 22.7 Å². The Morgan fingerprint density at radius 3 is 2.02 bits per heavy atom. The van der Waals surface area contributed by atoms with Crippen molar-refractivity contribution < 1.29 is 27.9 Å². The lowest BCUT2D eigenvalue weighted by Gasteiger charge is -2.40. The van der Waals surface area contributed by atoms with Crippen molar-refractivity contribution in [1.29, 1.82) is 0 Å². The fraction of sp³-hybridized carbons (Fsp3) is 0.341. The highest BCUT2D eigenvalue weighted by molar-refractivity contribution is 6.09. The van der Waals surface area contributed by atoms with Crippen LogP contribution in [0.5, 0.6) is 0 Å². The molecule has 4 atom stereocenters. The summed E-state index contributed by atoms with van der Waals surface area (Å²) in [4.78, 5) is 39.6. The number of rotatable bonds is 11. The third kappa shape index (κ3) is 6.60. The molecule has 4 nitrogen and oxygen atoms in total. The van der Waals surface area contributed by atoms with E-state index in [9.17, 15) is 23.2 Å². The van der Waals surface area contributed by atoms with Crippen LogP contribution in [0.2, 0.25) is 0 Å². The van der Waals surface area contributed by atoms with Gasteiger partial charge in [0.25, 0.3) is 0 Å². The van der Waals surface area contributed by atoms with Crippen LogP contribution in [0.3, 0.4) is 0 Å². The summed E-state index contributed by atoms with van der Waals surface area (Å²) in [5.74, 6) is -2.27. The first-order chi connectivity index (χ1) is 23.8. The van der Waals surface area contributed by atoms with Crippen LogP contribution in [-0.4, -0.2) is 23.6 Å². The predicted octanol–water partition coefficient (Wildman–Crippen LogP) is 10.2. The number of hydrogen-bond donors (Lipinski definition) is 0. The molecule has 0 amide bonds. The molecule has 2 aliphatic rings. The highest BCUT2D eigenvalue weighted by Gasteiger charge is 2.67. The maximum atomic E-state index is 13.8. The van der Waals surface area contributed by atoms with Gasteiger partial charge in [0.1, 0.15) is 24.2 Å². The van der Waals surface area contributed by atoms with Crippen molar-refractivity contribution in [3.63, 3.8) is 0 Å². The van der Waals surface area contributed by atoms with Crippen LogP contribution in [0, 0.1) is 34.3 Å². The Balaban J connectivity index is 1.19. The lowest BCUT2D eigenvalue weighted by Crippen LogP contribution is -2.35. The summed E-state index contributed by atoms with van der Waals surface area (Å²) in [6, 6.07) is 26.5. The minimum atomic E-state index is -0.605. The highest BCUT2D eigenvalue weighted by Crippen LogP contribution is 2.72. The van der Waals surface area contributed by atoms with E-state index in [2.05, 4.69) is 51.1 Å². The second kappa shape index (κ2) is 13.9. The summed E-state index contributed by atoms with van der Waals surface area (Å²) in [6.07, 6.45) is 3.69. The Morgan fingerprint density at radius 2 is 1.40 bits per heavy atom. The van der Waals surface area contributed by atoms with Crippen molar-refractivity contribution >= 4 is 33.9 Å². The van der Waals surface area contributed by atoms with E-state index in [0.717, 1.165) is 34.8 Å². The second-order valence-electron chi connectivity index (χ2n) is 15.0. The Hall–Kier alpha value is -4.71. The van der Waals surface area contributed by atoms with Crippen LogP contribution in [0.15, 0.2) is 109 Å². The van der Waals surface area contributed by atoms with E-state index >= 15 is 0 Å². The van der Waals surface area contributed by atoms with Crippen molar-refractivity contribution in [3.05, 3.63) is 137 Å². The number of benzene rings is 4. The van der Waals surface area contributed by atoms with Crippen LogP contribution in [0.1, 0.15) is 82.9 Å². The first-order valence-electron chi connectivity index (χ1n) is 17.5. The first kappa shape index (κ1) is 35.1. The Bertz CT molecular complexity index is 1930. The van der Waals surface area contributed by atoms with Gasteiger partial charge in [-0.15, -0.1) is 0 Å². The number of ether oxygens (including phenoxy) is 1. The first-order valence-corrected chi connectivity index (χ1v) is 17.5. The SMILES string of the molecule is CC(C)C(/C=C/C(=O)CC(=O)CC(=O)O[C@@H]1[C@H]2CC[C@@](C)([C@@H]1c1cccc3ccccc13)C2(C)C)=C(c1ccc(F)cc1)c1ccc(F)cc1. The van der Waals surface area contributed by atoms with Gasteiger partial charge in [-0.25, -0.2) is 8.78 Å². The summed E-state index contributed by atoms with van der Waals surface area (Å²) < 4.78 is 33.8. The number of esters is 1. The molecule has 0 radical (unpaired) electrons. The average Bonchev–Trinajstić information content (AvgIpc) is 3.39. The maximum absolute atomic E-state index is 13.8. The van der Waals surface area contributed by atoms with Crippen molar-refractivity contribution in [2.45, 2.75) is 72.3 Å². The smallest absolute Gasteiger partial charge is 0.313 e. The van der Waals surface area contributed by atoms with Crippen LogP contribution in [0.25, 0.3) is 16.3 Å². The predicted molar refractivity (Wildman–Crippen MR) is 193 cm³/mol. The quantitative estimate of drug-likeness (QED) is 0.0688. The molecule has 0 aliphatic heterocycles. The van der Waals surface area contributed by atoms with Crippen LogP contribution in [-0.2, 0) is 19.1 Å². The molecule has 0 N–H and O–H groups in total. The molecular formula is C44H44F2O4. The van der Waals surface area contributed by atoms with E-state index in [1.807, 2.05) is 26.0 Å². The average molecular weight is 675 g/mol. The topological polar surface area (TPSA) is 60.4 Å². The standard InChI is InChI=1S/C44H44F2O4/c1-27(2)35(40(29-13-17-31(45)18-14-29)30-15-19-32(46)20-16-30)22-21-33(47)25-34(48)26-39(49)50-42-38-23-24-44(5,43(38,3)4)41(42)37-12-8-10-28-9-6-7-11-36(28)37/h6-22,27,38,41-42H,23-26H2,1-5H3/b22-21+/t38-,41-,42-,44+/m1/s1. The Labute approximate surface area is 293 Å². The van der Waals surface area contributed by atoms with Gasteiger partial charge in [0.2, 0.25) is 0 Å². The molecule has 6 heteroatoms. The number of carbonyl (C=O) groups excluding carboxylic acids is 3. The van der Waals surface area contributed by atoms with Gasteiger partial charge in [0, 0.05) is 11.8 Å². The molecular weight excluding hydrogens is 630 g/mol. The molecule has 6 rings (SSSR count). The Kier molecular flexibility index (Phi) is 9.76. The van der Waals surface area contributed by atoms with Crippen molar-refractivity contribution in [3.8, 4) is 0 Å². The third-order valence-corrected chi connectivity index (χ3v) is 11.5. The summed E-state index contributed by atoms with van der Waals surface area (Å²) in [7, 11) is 0. The molecule has 258 valence electrons. The lowest BCUT2D eigenvalue weighted by atomic mass is 9.64. The fourth-order valence-corrected chi connectivity index (χ4v) is 8.63. The molecule has 4 aromatic carbocycles. The van der Waals surface area contributed by atoms with E-state index in [-0.39, 0.29) is 46.3 Å². The van der Waals surface area contributed by atoms with Gasteiger partial charge in [0.15, 0.2) is 11.6 Å². The molecule has 2 bridgehead atoms. The molecule has 2 aliphatic carbocycles. The van der Waals surface area contributed by atoms with E-state index < -0.39 is 30.4 Å². The number of carbonyl (C=O) groups is 3. The zero-order valence-electron chi connectivity index (χ0n) is 29.3. The number of ketones is 2. The fourth-order valence-electron chi connectivity index (χ4n) is 8.63. The number of fused-ring (bicyclic) bond motifs is 3. The molecule has 2 saturated carbocycles. The zero-order valence-corrected chi connectivity index (χ0v) is 29.3. The molecule has 0 aromatic heterocycles. The highest BCUT2D eigenvalue weighted by atomic mass is 19.1. The Morgan fingerprint density at radius 1 is 0.800 bits per heavy atom. The van der Waals surface area contributed by atoms with Gasteiger partial charge < -0.3 is 4.74 Å². The zero-order chi connectivity index (χ0) is 35.8. The van der Waals surface area contributed by atoms with Crippen molar-refractivity contribution in [1.82, 2.24) is 0 Å². The van der Waals surface area contributed by atoms with Gasteiger partial charge in [0.05, 0.1) is 6.42 Å². The summed E-state index contributed by atoms with van der Waals surface area (Å²) in [5, 5.41) is 2.29. The molecule has 50 heavy (non-hydrogen) atoms. The van der Waals surface area contributed by atoms with E-state index in [1.54, 1.807) is 30.3 Å². The summed E-state index contributed by atoms with van der Waals surface area (Å²) >= 11 is 0. The normalized spacial score (nSPS) is 22.3. The number of allylic oxidation sites excluding steroid dienone is 3.